The van der Waals surface area contributed by atoms with E-state index in [-0.39, 0.29) is 23.1 Å². The van der Waals surface area contributed by atoms with Crippen LogP contribution in [0, 0.1) is 25.6 Å². The predicted octanol–water partition coefficient (Wildman–Crippen LogP) is 4.04. The first kappa shape index (κ1) is 20.0. The second-order valence-corrected chi connectivity index (χ2v) is 7.99. The minimum Gasteiger partial charge on any atom is -0.449 e. The van der Waals surface area contributed by atoms with Gasteiger partial charge in [0.05, 0.1) is 11.3 Å². The first-order chi connectivity index (χ1) is 13.3. The van der Waals surface area contributed by atoms with Gasteiger partial charge < -0.3 is 15.4 Å². The quantitative estimate of drug-likeness (QED) is 0.712. The van der Waals surface area contributed by atoms with Gasteiger partial charge in [-0.05, 0) is 51.3 Å². The number of ether oxygens (including phenoxy) is 1. The second kappa shape index (κ2) is 8.10. The van der Waals surface area contributed by atoms with Gasteiger partial charge in [0.25, 0.3) is 5.91 Å². The standard InChI is InChI=1S/C20H21FN2O4S/c1-10-12(3)28-19(23-18(25)13-8-9-13)16(10)20(26)27-11(2)17(24)22-15-7-5-4-6-14(15)21/h4-7,11,13H,8-9H2,1-3H3,(H,22,24)(H,23,25)/t11-/m0/s1. The molecule has 1 fully saturated rings. The summed E-state index contributed by atoms with van der Waals surface area (Å²) in [6.45, 7) is 5.02. The molecular formula is C20H21FN2O4S. The van der Waals surface area contributed by atoms with Crippen molar-refractivity contribution in [3.8, 4) is 0 Å². The number of halogens is 1. The largest absolute Gasteiger partial charge is 0.449 e. The molecule has 0 unspecified atom stereocenters. The summed E-state index contributed by atoms with van der Waals surface area (Å²) in [6.07, 6.45) is 0.559. The molecule has 0 bridgehead atoms. The number of thiophene rings is 1. The Balaban J connectivity index is 1.70. The molecule has 1 saturated carbocycles. The maximum absolute atomic E-state index is 13.7. The highest BCUT2D eigenvalue weighted by Crippen LogP contribution is 2.36. The van der Waals surface area contributed by atoms with Crippen LogP contribution in [0.5, 0.6) is 0 Å². The van der Waals surface area contributed by atoms with Crippen LogP contribution < -0.4 is 10.6 Å². The third-order valence-corrected chi connectivity index (χ3v) is 5.68. The third-order valence-electron chi connectivity index (χ3n) is 4.56. The Morgan fingerprint density at radius 3 is 2.50 bits per heavy atom. The number of anilines is 2. The van der Waals surface area contributed by atoms with Crippen molar-refractivity contribution in [2.24, 2.45) is 5.92 Å². The summed E-state index contributed by atoms with van der Waals surface area (Å²) in [4.78, 5) is 37.9. The number of para-hydroxylation sites is 1. The molecule has 3 rings (SSSR count). The fourth-order valence-corrected chi connectivity index (χ4v) is 3.64. The van der Waals surface area contributed by atoms with Gasteiger partial charge in [0.1, 0.15) is 10.8 Å². The van der Waals surface area contributed by atoms with Crippen LogP contribution >= 0.6 is 11.3 Å². The van der Waals surface area contributed by atoms with E-state index in [1.165, 1.54) is 36.5 Å². The van der Waals surface area contributed by atoms with Crippen molar-refractivity contribution < 1.29 is 23.5 Å². The molecule has 2 aromatic rings. The second-order valence-electron chi connectivity index (χ2n) is 6.77. The van der Waals surface area contributed by atoms with Crippen molar-refractivity contribution in [2.75, 3.05) is 10.6 Å². The zero-order chi connectivity index (χ0) is 20.4. The summed E-state index contributed by atoms with van der Waals surface area (Å²) in [6, 6.07) is 5.73. The molecule has 0 saturated heterocycles. The highest BCUT2D eigenvalue weighted by Gasteiger charge is 2.32. The number of carbonyl (C=O) groups is 3. The Kier molecular flexibility index (Phi) is 5.79. The summed E-state index contributed by atoms with van der Waals surface area (Å²) in [5.74, 6) is -2.04. The summed E-state index contributed by atoms with van der Waals surface area (Å²) in [5, 5.41) is 5.62. The van der Waals surface area contributed by atoms with Crippen molar-refractivity contribution >= 4 is 39.8 Å². The molecule has 0 radical (unpaired) electrons. The van der Waals surface area contributed by atoms with Gasteiger partial charge in [-0.25, -0.2) is 9.18 Å². The van der Waals surface area contributed by atoms with E-state index in [1.807, 2.05) is 6.92 Å². The number of esters is 1. The number of amides is 2. The summed E-state index contributed by atoms with van der Waals surface area (Å²) >= 11 is 1.30. The molecule has 1 aliphatic carbocycles. The molecule has 1 aliphatic rings. The van der Waals surface area contributed by atoms with E-state index in [0.29, 0.717) is 10.6 Å². The van der Waals surface area contributed by atoms with E-state index in [2.05, 4.69) is 10.6 Å². The molecule has 2 N–H and O–H groups in total. The molecule has 1 aromatic carbocycles. The average Bonchev–Trinajstić information content (AvgIpc) is 3.44. The smallest absolute Gasteiger partial charge is 0.342 e. The molecule has 148 valence electrons. The number of nitrogens with one attached hydrogen (secondary N) is 2. The number of rotatable bonds is 6. The minimum absolute atomic E-state index is 0.00273. The van der Waals surface area contributed by atoms with Crippen LogP contribution in [0.25, 0.3) is 0 Å². The maximum atomic E-state index is 13.7. The van der Waals surface area contributed by atoms with Gasteiger partial charge >= 0.3 is 5.97 Å². The third kappa shape index (κ3) is 4.39. The lowest BCUT2D eigenvalue weighted by Crippen LogP contribution is -2.30. The van der Waals surface area contributed by atoms with Crippen LogP contribution in [0.15, 0.2) is 24.3 Å². The van der Waals surface area contributed by atoms with Gasteiger partial charge in [-0.3, -0.25) is 9.59 Å². The number of aryl methyl sites for hydroxylation is 1. The summed E-state index contributed by atoms with van der Waals surface area (Å²) in [7, 11) is 0. The molecule has 0 spiro atoms. The predicted molar refractivity (Wildman–Crippen MR) is 105 cm³/mol. The Bertz CT molecular complexity index is 936. The Morgan fingerprint density at radius 2 is 1.86 bits per heavy atom. The molecule has 2 amide bonds. The first-order valence-electron chi connectivity index (χ1n) is 8.95. The van der Waals surface area contributed by atoms with E-state index < -0.39 is 23.8 Å². The van der Waals surface area contributed by atoms with Crippen LogP contribution in [0.1, 0.15) is 40.6 Å². The number of hydrogen-bond donors (Lipinski definition) is 2. The molecule has 6 nitrogen and oxygen atoms in total. The molecule has 1 aromatic heterocycles. The fourth-order valence-electron chi connectivity index (χ4n) is 2.59. The van der Waals surface area contributed by atoms with Gasteiger partial charge in [0.15, 0.2) is 6.10 Å². The molecular weight excluding hydrogens is 383 g/mol. The molecule has 1 heterocycles. The zero-order valence-electron chi connectivity index (χ0n) is 15.8. The summed E-state index contributed by atoms with van der Waals surface area (Å²) < 4.78 is 19.0. The lowest BCUT2D eigenvalue weighted by atomic mass is 10.1. The minimum atomic E-state index is -1.14. The number of carbonyl (C=O) groups excluding carboxylic acids is 3. The molecule has 8 heteroatoms. The highest BCUT2D eigenvalue weighted by atomic mass is 32.1. The number of hydrogen-bond acceptors (Lipinski definition) is 5. The van der Waals surface area contributed by atoms with E-state index in [0.717, 1.165) is 17.7 Å². The maximum Gasteiger partial charge on any atom is 0.342 e. The SMILES string of the molecule is Cc1sc(NC(=O)C2CC2)c(C(=O)O[C@@H](C)C(=O)Nc2ccccc2F)c1C. The molecule has 0 aliphatic heterocycles. The normalized spacial score (nSPS) is 14.3. The van der Waals surface area contributed by atoms with Crippen molar-refractivity contribution in [1.82, 2.24) is 0 Å². The Morgan fingerprint density at radius 1 is 1.18 bits per heavy atom. The van der Waals surface area contributed by atoms with Gasteiger partial charge in [-0.15, -0.1) is 11.3 Å². The van der Waals surface area contributed by atoms with Crippen molar-refractivity contribution in [3.63, 3.8) is 0 Å². The summed E-state index contributed by atoms with van der Waals surface area (Å²) in [5.41, 5.74) is 0.959. The van der Waals surface area contributed by atoms with Gasteiger partial charge in [-0.1, -0.05) is 12.1 Å². The van der Waals surface area contributed by atoms with Gasteiger partial charge in [-0.2, -0.15) is 0 Å². The van der Waals surface area contributed by atoms with Gasteiger partial charge in [0, 0.05) is 10.8 Å². The fraction of sp³-hybridized carbons (Fsp3) is 0.350. The van der Waals surface area contributed by atoms with E-state index in [1.54, 1.807) is 13.0 Å². The zero-order valence-corrected chi connectivity index (χ0v) is 16.6. The van der Waals surface area contributed by atoms with Crippen LogP contribution in [-0.2, 0) is 14.3 Å². The Hall–Kier alpha value is -2.74. The Labute approximate surface area is 166 Å². The highest BCUT2D eigenvalue weighted by molar-refractivity contribution is 7.16. The molecule has 28 heavy (non-hydrogen) atoms. The lowest BCUT2D eigenvalue weighted by Gasteiger charge is -2.15. The van der Waals surface area contributed by atoms with E-state index in [4.69, 9.17) is 4.74 Å². The van der Waals surface area contributed by atoms with Crippen LogP contribution in [-0.4, -0.2) is 23.9 Å². The van der Waals surface area contributed by atoms with Crippen molar-refractivity contribution in [2.45, 2.75) is 39.7 Å². The van der Waals surface area contributed by atoms with E-state index in [9.17, 15) is 18.8 Å². The van der Waals surface area contributed by atoms with Crippen LogP contribution in [0.4, 0.5) is 15.1 Å². The molecule has 1 atom stereocenters. The van der Waals surface area contributed by atoms with Crippen LogP contribution in [0.3, 0.4) is 0 Å². The topological polar surface area (TPSA) is 84.5 Å². The monoisotopic (exact) mass is 404 g/mol. The van der Waals surface area contributed by atoms with E-state index >= 15 is 0 Å². The van der Waals surface area contributed by atoms with Crippen LogP contribution in [0.2, 0.25) is 0 Å². The van der Waals surface area contributed by atoms with Crippen molar-refractivity contribution in [1.29, 1.82) is 0 Å². The first-order valence-corrected chi connectivity index (χ1v) is 9.76. The number of benzene rings is 1. The van der Waals surface area contributed by atoms with Crippen molar-refractivity contribution in [3.05, 3.63) is 46.1 Å². The van der Waals surface area contributed by atoms with Gasteiger partial charge in [0.2, 0.25) is 5.91 Å². The average molecular weight is 404 g/mol. The lowest BCUT2D eigenvalue weighted by molar-refractivity contribution is -0.123.